The normalized spacial score (nSPS) is 9.84. The molecular weight excluding hydrogens is 834 g/mol. The van der Waals surface area contributed by atoms with Crippen molar-refractivity contribution in [2.75, 3.05) is 14.2 Å². The second kappa shape index (κ2) is 18.8. The molecule has 0 aliphatic rings. The molecule has 0 atom stereocenters. The van der Waals surface area contributed by atoms with Gasteiger partial charge in [0.15, 0.2) is 11.4 Å². The molecule has 0 fully saturated rings. The molecule has 16 heteroatoms. The number of esters is 2. The Morgan fingerprint density at radius 2 is 1.27 bits per heavy atom. The van der Waals surface area contributed by atoms with Gasteiger partial charge in [-0.2, -0.15) is 15.5 Å². The van der Waals surface area contributed by atoms with Crippen molar-refractivity contribution in [1.29, 1.82) is 10.5 Å². The van der Waals surface area contributed by atoms with E-state index in [-0.39, 0.29) is 35.8 Å². The number of hydrogen-bond donors (Lipinski definition) is 0. The second-order valence-corrected chi connectivity index (χ2v) is 11.6. The molecule has 49 heavy (non-hydrogen) atoms. The Hall–Kier alpha value is -4.57. The van der Waals surface area contributed by atoms with Gasteiger partial charge in [0, 0.05) is 35.6 Å². The fraction of sp³-hybridized carbons (Fsp3) is 0.152. The first-order valence-electron chi connectivity index (χ1n) is 13.3. The van der Waals surface area contributed by atoms with E-state index in [1.807, 2.05) is 60.8 Å². The molecule has 2 aromatic carbocycles. The zero-order valence-corrected chi connectivity index (χ0v) is 29.6. The van der Waals surface area contributed by atoms with Gasteiger partial charge in [-0.1, -0.05) is 42.8 Å². The van der Waals surface area contributed by atoms with Crippen LogP contribution in [0.2, 0.25) is 10.0 Å². The number of pyridine rings is 2. The van der Waals surface area contributed by atoms with E-state index in [0.717, 1.165) is 36.5 Å². The summed E-state index contributed by atoms with van der Waals surface area (Å²) >= 11 is 14.0. The van der Waals surface area contributed by atoms with E-state index >= 15 is 0 Å². The van der Waals surface area contributed by atoms with Crippen LogP contribution < -0.4 is 0 Å². The molecule has 0 unspecified atom stereocenters. The number of carbonyl (C=O) groups is 2. The van der Waals surface area contributed by atoms with Gasteiger partial charge in [-0.3, -0.25) is 19.3 Å². The number of aromatic nitrogens is 6. The molecule has 0 saturated heterocycles. The molecule has 0 N–H and O–H groups in total. The first-order valence-corrected chi connectivity index (χ1v) is 15.2. The second-order valence-electron chi connectivity index (χ2n) is 9.57. The predicted molar refractivity (Wildman–Crippen MR) is 188 cm³/mol. The van der Waals surface area contributed by atoms with E-state index < -0.39 is 11.9 Å². The summed E-state index contributed by atoms with van der Waals surface area (Å²) < 4.78 is 13.3. The van der Waals surface area contributed by atoms with Crippen molar-refractivity contribution in [1.82, 2.24) is 29.5 Å². The van der Waals surface area contributed by atoms with Crippen molar-refractivity contribution in [3.8, 4) is 6.07 Å². The van der Waals surface area contributed by atoms with Gasteiger partial charge in [-0.15, -0.1) is 0 Å². The first kappa shape index (κ1) is 40.6. The summed E-state index contributed by atoms with van der Waals surface area (Å²) in [7, 11) is 2.60. The molecule has 254 valence electrons. The molecular formula is C33H26Cl2CuIN8O4. The number of ether oxygens (including phenoxy) is 2. The largest absolute Gasteiger partial charge is 1.00 e. The number of benzene rings is 2. The minimum Gasteiger partial charge on any atom is -0.512 e. The van der Waals surface area contributed by atoms with Crippen LogP contribution in [0.3, 0.4) is 0 Å². The maximum atomic E-state index is 11.6. The third-order valence-corrected chi connectivity index (χ3v) is 7.67. The van der Waals surface area contributed by atoms with Gasteiger partial charge in [-0.25, -0.2) is 9.59 Å². The van der Waals surface area contributed by atoms with Crippen molar-refractivity contribution in [2.24, 2.45) is 0 Å². The Bertz CT molecular complexity index is 2160. The molecule has 6 aromatic rings. The smallest absolute Gasteiger partial charge is 0.512 e. The topological polar surface area (TPSA) is 162 Å². The molecule has 12 nitrogen and oxygen atoms in total. The molecule has 4 aromatic heterocycles. The van der Waals surface area contributed by atoms with Crippen LogP contribution in [0.5, 0.6) is 0 Å². The third kappa shape index (κ3) is 10.2. The number of halogens is 3. The van der Waals surface area contributed by atoms with Crippen LogP contribution in [-0.2, 0) is 39.6 Å². The molecule has 0 saturated carbocycles. The molecule has 0 amide bonds. The van der Waals surface area contributed by atoms with E-state index in [0.29, 0.717) is 28.8 Å². The van der Waals surface area contributed by atoms with Crippen LogP contribution in [0.15, 0.2) is 73.3 Å². The van der Waals surface area contributed by atoms with Crippen LogP contribution >= 0.6 is 45.8 Å². The molecule has 0 bridgehead atoms. The number of fused-ring (bicyclic) bond motifs is 2. The van der Waals surface area contributed by atoms with Gasteiger partial charge in [0.25, 0.3) is 0 Å². The summed E-state index contributed by atoms with van der Waals surface area (Å²) in [5.41, 5.74) is 4.25. The average Bonchev–Trinajstić information content (AvgIpc) is 3.67. The minimum atomic E-state index is -0.630. The number of nitriles is 1. The van der Waals surface area contributed by atoms with Crippen molar-refractivity contribution < 1.29 is 36.1 Å². The van der Waals surface area contributed by atoms with E-state index in [1.165, 1.54) is 25.1 Å². The van der Waals surface area contributed by atoms with E-state index in [9.17, 15) is 9.59 Å². The Morgan fingerprint density at radius 3 is 1.73 bits per heavy atom. The summed E-state index contributed by atoms with van der Waals surface area (Å²) in [4.78, 5) is 31.7. The van der Waals surface area contributed by atoms with Gasteiger partial charge in [0.2, 0.25) is 0 Å². The van der Waals surface area contributed by atoms with Gasteiger partial charge < -0.3 is 21.3 Å². The quantitative estimate of drug-likeness (QED) is 0.0735. The number of rotatable bonds is 6. The molecule has 0 radical (unpaired) electrons. The fourth-order valence-corrected chi connectivity index (χ4v) is 5.41. The number of methoxy groups -OCH3 is 2. The maximum Gasteiger partial charge on any atom is 1.00 e. The Labute approximate surface area is 316 Å². The molecule has 6 rings (SSSR count). The fourth-order valence-electron chi connectivity index (χ4n) is 4.42. The van der Waals surface area contributed by atoms with Crippen LogP contribution in [0.4, 0.5) is 0 Å². The SMILES string of the molecule is C.COC(=O)c1nn(Cc2ccc3ncc(Cl)cc3c2)cc1C#N.COC(=O)c1nn(Cc2ccc3ncc(Cl)cc3c2)cc1I.[C-]#N.[Cu+]. The minimum absolute atomic E-state index is 0. The Kier molecular flexibility index (Phi) is 15.6. The number of hydrogen-bond acceptors (Lipinski definition) is 10. The van der Waals surface area contributed by atoms with Gasteiger partial charge in [0.05, 0.1) is 52.0 Å². The van der Waals surface area contributed by atoms with E-state index in [1.54, 1.807) is 17.1 Å². The van der Waals surface area contributed by atoms with E-state index in [2.05, 4.69) is 47.5 Å². The third-order valence-electron chi connectivity index (χ3n) is 6.47. The zero-order valence-electron chi connectivity index (χ0n) is 25.0. The van der Waals surface area contributed by atoms with Gasteiger partial charge in [-0.05, 0) is 70.1 Å². The molecule has 0 aliphatic heterocycles. The van der Waals surface area contributed by atoms with Crippen molar-refractivity contribution in [2.45, 2.75) is 20.5 Å². The van der Waals surface area contributed by atoms with Gasteiger partial charge >= 0.3 is 29.0 Å². The van der Waals surface area contributed by atoms with E-state index in [4.69, 9.17) is 45.0 Å². The standard InChI is InChI=1S/C16H11ClN4O2.C15H11ClIN3O2.CN.CH4.Cu/c1-23-16(22)15-12(6-18)9-21(20-15)8-10-2-3-14-11(4-10)5-13(17)7-19-14;1-22-15(21)14-12(17)8-20(19-14)7-9-2-3-13-10(4-9)5-11(16)6-18-13;1-2;;/h2-5,7,9H,8H2,1H3;2-6,8H,7H2,1H3;;1H4;/q;;-1;;+1. The van der Waals surface area contributed by atoms with Crippen LogP contribution in [0.1, 0.15) is 45.1 Å². The Balaban J connectivity index is 0.000000312. The summed E-state index contributed by atoms with van der Waals surface area (Å²) in [6, 6.07) is 17.3. The van der Waals surface area contributed by atoms with Crippen LogP contribution in [0, 0.1) is 26.7 Å². The van der Waals surface area contributed by atoms with Crippen molar-refractivity contribution in [3.63, 3.8) is 0 Å². The number of nitrogens with zero attached hydrogens (tertiary/aromatic N) is 8. The number of carbonyl (C=O) groups excluding carboxylic acids is 2. The molecule has 0 aliphatic carbocycles. The molecule has 4 heterocycles. The molecule has 0 spiro atoms. The van der Waals surface area contributed by atoms with Crippen molar-refractivity contribution >= 4 is 79.5 Å². The first-order chi connectivity index (χ1) is 22.7. The zero-order chi connectivity index (χ0) is 34.1. The van der Waals surface area contributed by atoms with Crippen LogP contribution in [0.25, 0.3) is 21.8 Å². The predicted octanol–water partition coefficient (Wildman–Crippen LogP) is 7.05. The summed E-state index contributed by atoms with van der Waals surface area (Å²) in [5.74, 6) is -1.06. The summed E-state index contributed by atoms with van der Waals surface area (Å²) in [6.45, 7) is 5.71. The monoisotopic (exact) mass is 858 g/mol. The summed E-state index contributed by atoms with van der Waals surface area (Å²) in [5, 5.41) is 26.8. The van der Waals surface area contributed by atoms with Gasteiger partial charge in [0.1, 0.15) is 11.6 Å². The van der Waals surface area contributed by atoms with Crippen molar-refractivity contribution in [3.05, 3.63) is 122 Å². The Morgan fingerprint density at radius 1 is 0.816 bits per heavy atom. The maximum absolute atomic E-state index is 11.6. The average molecular weight is 860 g/mol. The van der Waals surface area contributed by atoms with Crippen LogP contribution in [-0.4, -0.2) is 55.7 Å². The summed E-state index contributed by atoms with van der Waals surface area (Å²) in [6.07, 6.45) is 6.56.